The zero-order valence-electron chi connectivity index (χ0n) is 10.7. The van der Waals surface area contributed by atoms with Crippen molar-refractivity contribution in [2.45, 2.75) is 13.3 Å². The van der Waals surface area contributed by atoms with Crippen molar-refractivity contribution in [1.29, 1.82) is 0 Å². The number of Topliss-reactive ketones (excluding diaryl/α,β-unsaturated/α-hetero) is 1. The molecule has 0 aliphatic heterocycles. The molecule has 94 valence electrons. The van der Waals surface area contributed by atoms with Crippen molar-refractivity contribution in [2.24, 2.45) is 0 Å². The first kappa shape index (κ1) is 12.1. The predicted octanol–water partition coefficient (Wildman–Crippen LogP) is 4.64. The third-order valence-electron chi connectivity index (χ3n) is 3.26. The number of thiophene rings is 1. The molecule has 1 nitrogen and oxygen atoms in total. The fourth-order valence-corrected chi connectivity index (χ4v) is 3.17. The van der Waals surface area contributed by atoms with Gasteiger partial charge in [0.25, 0.3) is 0 Å². The Hall–Kier alpha value is -1.93. The first-order valence-electron chi connectivity index (χ1n) is 6.29. The summed E-state index contributed by atoms with van der Waals surface area (Å²) in [7, 11) is 0. The number of ketones is 1. The van der Waals surface area contributed by atoms with Gasteiger partial charge in [-0.3, -0.25) is 4.79 Å². The summed E-state index contributed by atoms with van der Waals surface area (Å²) in [5, 5.41) is 3.32. The maximum absolute atomic E-state index is 12.2. The highest BCUT2D eigenvalue weighted by molar-refractivity contribution is 7.17. The van der Waals surface area contributed by atoms with Gasteiger partial charge in [0.05, 0.1) is 0 Å². The van der Waals surface area contributed by atoms with Gasteiger partial charge in [-0.2, -0.15) is 0 Å². The number of aryl methyl sites for hydroxylation is 1. The van der Waals surface area contributed by atoms with Gasteiger partial charge in [-0.05, 0) is 29.3 Å². The van der Waals surface area contributed by atoms with Crippen LogP contribution in [0.2, 0.25) is 0 Å². The molecule has 0 spiro atoms. The van der Waals surface area contributed by atoms with Gasteiger partial charge in [0.2, 0.25) is 0 Å². The summed E-state index contributed by atoms with van der Waals surface area (Å²) >= 11 is 1.71. The van der Waals surface area contributed by atoms with Crippen molar-refractivity contribution in [2.75, 3.05) is 0 Å². The zero-order chi connectivity index (χ0) is 13.2. The van der Waals surface area contributed by atoms with E-state index in [1.807, 2.05) is 30.3 Å². The van der Waals surface area contributed by atoms with E-state index in [1.54, 1.807) is 11.3 Å². The van der Waals surface area contributed by atoms with Crippen LogP contribution in [0.1, 0.15) is 21.5 Å². The lowest BCUT2D eigenvalue weighted by atomic mass is 10.0. The van der Waals surface area contributed by atoms with E-state index < -0.39 is 0 Å². The number of carbonyl (C=O) groups is 1. The Morgan fingerprint density at radius 1 is 1.11 bits per heavy atom. The lowest BCUT2D eigenvalue weighted by Gasteiger charge is -2.01. The van der Waals surface area contributed by atoms with Crippen LogP contribution in [0.5, 0.6) is 0 Å². The zero-order valence-corrected chi connectivity index (χ0v) is 11.5. The molecule has 0 aliphatic carbocycles. The van der Waals surface area contributed by atoms with E-state index in [0.717, 1.165) is 11.1 Å². The van der Waals surface area contributed by atoms with Crippen LogP contribution in [-0.2, 0) is 6.42 Å². The molecule has 0 unspecified atom stereocenters. The monoisotopic (exact) mass is 266 g/mol. The van der Waals surface area contributed by atoms with Gasteiger partial charge in [0.15, 0.2) is 5.78 Å². The summed E-state index contributed by atoms with van der Waals surface area (Å²) in [5.74, 6) is 0.182. The molecule has 0 fully saturated rings. The Morgan fingerprint density at radius 2 is 1.89 bits per heavy atom. The molecule has 0 aliphatic rings. The molecule has 3 aromatic rings. The molecule has 0 saturated heterocycles. The highest BCUT2D eigenvalue weighted by Crippen LogP contribution is 2.27. The molecule has 0 amide bonds. The Balaban J connectivity index is 1.94. The van der Waals surface area contributed by atoms with Crippen molar-refractivity contribution in [3.8, 4) is 0 Å². The molecule has 19 heavy (non-hydrogen) atoms. The number of rotatable bonds is 3. The van der Waals surface area contributed by atoms with E-state index in [-0.39, 0.29) is 5.78 Å². The second kappa shape index (κ2) is 4.98. The van der Waals surface area contributed by atoms with Crippen molar-refractivity contribution in [3.63, 3.8) is 0 Å². The molecule has 2 heteroatoms. The van der Waals surface area contributed by atoms with Crippen molar-refractivity contribution in [1.82, 2.24) is 0 Å². The van der Waals surface area contributed by atoms with E-state index in [2.05, 4.69) is 30.5 Å². The molecule has 3 rings (SSSR count). The number of hydrogen-bond donors (Lipinski definition) is 0. The van der Waals surface area contributed by atoms with Crippen LogP contribution < -0.4 is 0 Å². The second-order valence-electron chi connectivity index (χ2n) is 4.73. The van der Waals surface area contributed by atoms with Crippen molar-refractivity contribution < 1.29 is 4.79 Å². The first-order valence-corrected chi connectivity index (χ1v) is 7.17. The summed E-state index contributed by atoms with van der Waals surface area (Å²) in [6, 6.07) is 15.9. The van der Waals surface area contributed by atoms with Crippen LogP contribution in [-0.4, -0.2) is 5.78 Å². The average Bonchev–Trinajstić information content (AvgIpc) is 2.82. The molecule has 0 atom stereocenters. The minimum atomic E-state index is 0.182. The van der Waals surface area contributed by atoms with Gasteiger partial charge in [-0.25, -0.2) is 0 Å². The van der Waals surface area contributed by atoms with Gasteiger partial charge >= 0.3 is 0 Å². The second-order valence-corrected chi connectivity index (χ2v) is 5.64. The molecular weight excluding hydrogens is 252 g/mol. The molecule has 0 N–H and O–H groups in total. The highest BCUT2D eigenvalue weighted by atomic mass is 32.1. The van der Waals surface area contributed by atoms with Gasteiger partial charge < -0.3 is 0 Å². The summed E-state index contributed by atoms with van der Waals surface area (Å²) in [6.45, 7) is 2.08. The Kier molecular flexibility index (Phi) is 3.18. The van der Waals surface area contributed by atoms with Crippen LogP contribution in [0, 0.1) is 6.92 Å². The maximum Gasteiger partial charge on any atom is 0.167 e. The summed E-state index contributed by atoms with van der Waals surface area (Å²) in [6.07, 6.45) is 0.480. The van der Waals surface area contributed by atoms with Crippen LogP contribution in [0.3, 0.4) is 0 Å². The fraction of sp³-hybridized carbons (Fsp3) is 0.118. The van der Waals surface area contributed by atoms with E-state index in [1.165, 1.54) is 15.6 Å². The van der Waals surface area contributed by atoms with E-state index >= 15 is 0 Å². The topological polar surface area (TPSA) is 17.1 Å². The average molecular weight is 266 g/mol. The molecule has 0 bridgehead atoms. The number of hydrogen-bond acceptors (Lipinski definition) is 2. The molecule has 1 aromatic heterocycles. The minimum absolute atomic E-state index is 0.182. The van der Waals surface area contributed by atoms with E-state index in [4.69, 9.17) is 0 Å². The Morgan fingerprint density at radius 3 is 2.68 bits per heavy atom. The van der Waals surface area contributed by atoms with Gasteiger partial charge in [-0.1, -0.05) is 48.0 Å². The normalized spacial score (nSPS) is 10.8. The largest absolute Gasteiger partial charge is 0.294 e. The third-order valence-corrected chi connectivity index (χ3v) is 4.27. The lowest BCUT2D eigenvalue weighted by molar-refractivity contribution is 0.0993. The van der Waals surface area contributed by atoms with Crippen molar-refractivity contribution in [3.05, 3.63) is 70.6 Å². The third kappa shape index (κ3) is 2.45. The molecule has 0 saturated carbocycles. The first-order chi connectivity index (χ1) is 9.24. The van der Waals surface area contributed by atoms with Crippen molar-refractivity contribution >= 4 is 27.2 Å². The molecular formula is C17H14OS. The molecule has 0 radical (unpaired) electrons. The highest BCUT2D eigenvalue weighted by Gasteiger charge is 2.10. The summed E-state index contributed by atoms with van der Waals surface area (Å²) < 4.78 is 1.25. The van der Waals surface area contributed by atoms with Crippen LogP contribution >= 0.6 is 11.3 Å². The summed E-state index contributed by atoms with van der Waals surface area (Å²) in [4.78, 5) is 12.2. The minimum Gasteiger partial charge on any atom is -0.294 e. The Bertz CT molecular complexity index is 725. The standard InChI is InChI=1S/C17H14OS/c1-12-7-8-17-15(9-12)14(11-19-17)10-16(18)13-5-3-2-4-6-13/h2-9,11H,10H2,1H3. The SMILES string of the molecule is Cc1ccc2scc(CC(=O)c3ccccc3)c2c1. The predicted molar refractivity (Wildman–Crippen MR) is 81.0 cm³/mol. The molecule has 2 aromatic carbocycles. The Labute approximate surface area is 116 Å². The van der Waals surface area contributed by atoms with Crippen LogP contribution in [0.15, 0.2) is 53.9 Å². The van der Waals surface area contributed by atoms with Gasteiger partial charge in [-0.15, -0.1) is 11.3 Å². The lowest BCUT2D eigenvalue weighted by Crippen LogP contribution is -2.02. The fourth-order valence-electron chi connectivity index (χ4n) is 2.23. The molecule has 1 heterocycles. The van der Waals surface area contributed by atoms with Crippen LogP contribution in [0.25, 0.3) is 10.1 Å². The summed E-state index contributed by atoms with van der Waals surface area (Å²) in [5.41, 5.74) is 3.16. The quantitative estimate of drug-likeness (QED) is 0.631. The van der Waals surface area contributed by atoms with Gasteiger partial charge in [0, 0.05) is 16.7 Å². The van der Waals surface area contributed by atoms with Crippen LogP contribution in [0.4, 0.5) is 0 Å². The van der Waals surface area contributed by atoms with Gasteiger partial charge in [0.1, 0.15) is 0 Å². The number of benzene rings is 2. The smallest absolute Gasteiger partial charge is 0.167 e. The number of carbonyl (C=O) groups excluding carboxylic acids is 1. The number of fused-ring (bicyclic) bond motifs is 1. The van der Waals surface area contributed by atoms with E-state index in [9.17, 15) is 4.79 Å². The maximum atomic E-state index is 12.2. The van der Waals surface area contributed by atoms with E-state index in [0.29, 0.717) is 6.42 Å².